The van der Waals surface area contributed by atoms with Crippen molar-refractivity contribution >= 4 is 17.5 Å². The van der Waals surface area contributed by atoms with Gasteiger partial charge in [-0.15, -0.1) is 0 Å². The van der Waals surface area contributed by atoms with Crippen LogP contribution in [0.2, 0.25) is 0 Å². The van der Waals surface area contributed by atoms with Gasteiger partial charge in [-0.25, -0.2) is 0 Å². The van der Waals surface area contributed by atoms with Crippen LogP contribution < -0.4 is 5.32 Å². The van der Waals surface area contributed by atoms with Gasteiger partial charge in [0.05, 0.1) is 6.42 Å². The van der Waals surface area contributed by atoms with Crippen molar-refractivity contribution in [1.82, 2.24) is 15.5 Å². The molecule has 1 atom stereocenters. The zero-order valence-electron chi connectivity index (χ0n) is 16.7. The summed E-state index contributed by atoms with van der Waals surface area (Å²) in [5, 5.41) is 6.62. The van der Waals surface area contributed by atoms with Gasteiger partial charge in [-0.2, -0.15) is 4.98 Å². The van der Waals surface area contributed by atoms with Crippen molar-refractivity contribution in [3.8, 4) is 0 Å². The molecular formula is C23H21N3O4. The van der Waals surface area contributed by atoms with Crippen LogP contribution in [0.4, 0.5) is 0 Å². The standard InChI is InChI=1S/C23H21N3O4/c1-3-18-25-22(30-26-18)14(2)24-19(27)13-23(15-9-5-4-6-10-15)20(28)16-11-7-8-12-17(16)21(23)29/h4-12,14H,3,13H2,1-2H3,(H,24,27). The summed E-state index contributed by atoms with van der Waals surface area (Å²) in [5.74, 6) is -0.340. The van der Waals surface area contributed by atoms with E-state index in [4.69, 9.17) is 4.52 Å². The quantitative estimate of drug-likeness (QED) is 0.634. The first-order valence-corrected chi connectivity index (χ1v) is 9.83. The molecule has 152 valence electrons. The van der Waals surface area contributed by atoms with E-state index in [1.165, 1.54) is 0 Å². The van der Waals surface area contributed by atoms with Crippen LogP contribution in [-0.2, 0) is 16.6 Å². The summed E-state index contributed by atoms with van der Waals surface area (Å²) in [5.41, 5.74) is -0.392. The average Bonchev–Trinajstić information content (AvgIpc) is 3.33. The number of aromatic nitrogens is 2. The zero-order chi connectivity index (χ0) is 21.3. The highest BCUT2D eigenvalue weighted by Gasteiger charge is 2.55. The molecule has 0 bridgehead atoms. The molecule has 0 spiro atoms. The summed E-state index contributed by atoms with van der Waals surface area (Å²) in [4.78, 5) is 44.0. The van der Waals surface area contributed by atoms with E-state index in [1.807, 2.05) is 6.92 Å². The van der Waals surface area contributed by atoms with Crippen molar-refractivity contribution in [2.45, 2.75) is 38.1 Å². The average molecular weight is 403 g/mol. The lowest BCUT2D eigenvalue weighted by Gasteiger charge is -2.26. The summed E-state index contributed by atoms with van der Waals surface area (Å²) in [6.07, 6.45) is 0.311. The first-order chi connectivity index (χ1) is 14.5. The molecule has 1 heterocycles. The number of aryl methyl sites for hydroxylation is 1. The van der Waals surface area contributed by atoms with Crippen LogP contribution in [0, 0.1) is 0 Å². The van der Waals surface area contributed by atoms with Crippen molar-refractivity contribution in [2.75, 3.05) is 0 Å². The molecule has 0 radical (unpaired) electrons. The number of benzene rings is 2. The number of ketones is 2. The third-order valence-corrected chi connectivity index (χ3v) is 5.43. The number of Topliss-reactive ketones (excluding diaryl/α,β-unsaturated/α-hetero) is 2. The van der Waals surface area contributed by atoms with E-state index in [9.17, 15) is 14.4 Å². The highest BCUT2D eigenvalue weighted by molar-refractivity contribution is 6.34. The number of nitrogens with zero attached hydrogens (tertiary/aromatic N) is 2. The monoisotopic (exact) mass is 403 g/mol. The number of nitrogens with one attached hydrogen (secondary N) is 1. The fourth-order valence-electron chi connectivity index (χ4n) is 3.87. The Kier molecular flexibility index (Phi) is 5.03. The van der Waals surface area contributed by atoms with Gasteiger partial charge in [0.1, 0.15) is 11.5 Å². The molecule has 7 nitrogen and oxygen atoms in total. The van der Waals surface area contributed by atoms with E-state index in [0.717, 1.165) is 0 Å². The minimum absolute atomic E-state index is 0.279. The van der Waals surface area contributed by atoms with E-state index < -0.39 is 17.4 Å². The normalized spacial score (nSPS) is 15.7. The molecule has 0 saturated heterocycles. The molecule has 1 N–H and O–H groups in total. The zero-order valence-corrected chi connectivity index (χ0v) is 16.7. The number of fused-ring (bicyclic) bond motifs is 1. The SMILES string of the molecule is CCc1noc(C(C)NC(=O)CC2(c3ccccc3)C(=O)c3ccccc3C2=O)n1. The summed E-state index contributed by atoms with van der Waals surface area (Å²) in [6, 6.07) is 14.9. The van der Waals surface area contributed by atoms with E-state index >= 15 is 0 Å². The van der Waals surface area contributed by atoms with Crippen LogP contribution >= 0.6 is 0 Å². The molecule has 0 fully saturated rings. The molecule has 30 heavy (non-hydrogen) atoms. The Bertz CT molecular complexity index is 1090. The first kappa shape index (κ1) is 19.7. The van der Waals surface area contributed by atoms with Gasteiger partial charge < -0.3 is 9.84 Å². The molecule has 0 aliphatic heterocycles. The van der Waals surface area contributed by atoms with Crippen molar-refractivity contribution in [2.24, 2.45) is 0 Å². The Labute approximate surface area is 173 Å². The van der Waals surface area contributed by atoms with Crippen LogP contribution in [0.1, 0.15) is 64.3 Å². The smallest absolute Gasteiger partial charge is 0.248 e. The Morgan fingerprint density at radius 1 is 1.03 bits per heavy atom. The van der Waals surface area contributed by atoms with Crippen LogP contribution in [-0.4, -0.2) is 27.6 Å². The second-order valence-corrected chi connectivity index (χ2v) is 7.34. The third kappa shape index (κ3) is 3.12. The molecule has 2 aromatic carbocycles. The molecule has 1 unspecified atom stereocenters. The first-order valence-electron chi connectivity index (χ1n) is 9.83. The van der Waals surface area contributed by atoms with E-state index in [2.05, 4.69) is 15.5 Å². The maximum atomic E-state index is 13.4. The lowest BCUT2D eigenvalue weighted by atomic mass is 9.73. The minimum Gasteiger partial charge on any atom is -0.345 e. The lowest BCUT2D eigenvalue weighted by molar-refractivity contribution is -0.122. The topological polar surface area (TPSA) is 102 Å². The largest absolute Gasteiger partial charge is 0.345 e. The van der Waals surface area contributed by atoms with Crippen LogP contribution in [0.3, 0.4) is 0 Å². The maximum absolute atomic E-state index is 13.4. The summed E-state index contributed by atoms with van der Waals surface area (Å²) in [6.45, 7) is 3.61. The minimum atomic E-state index is -1.59. The number of carbonyl (C=O) groups is 3. The van der Waals surface area contributed by atoms with Crippen LogP contribution in [0.25, 0.3) is 0 Å². The second kappa shape index (κ2) is 7.67. The Hall–Kier alpha value is -3.61. The van der Waals surface area contributed by atoms with Gasteiger partial charge in [0.15, 0.2) is 17.4 Å². The van der Waals surface area contributed by atoms with Gasteiger partial charge in [-0.05, 0) is 12.5 Å². The fraction of sp³-hybridized carbons (Fsp3) is 0.261. The van der Waals surface area contributed by atoms with Gasteiger partial charge in [0.2, 0.25) is 11.8 Å². The van der Waals surface area contributed by atoms with Crippen molar-refractivity contribution < 1.29 is 18.9 Å². The van der Waals surface area contributed by atoms with Crippen molar-refractivity contribution in [3.63, 3.8) is 0 Å². The van der Waals surface area contributed by atoms with E-state index in [-0.39, 0.29) is 23.9 Å². The Morgan fingerprint density at radius 2 is 1.63 bits per heavy atom. The van der Waals surface area contributed by atoms with Crippen molar-refractivity contribution in [3.05, 3.63) is 83.0 Å². The third-order valence-electron chi connectivity index (χ3n) is 5.43. The number of hydrogen-bond acceptors (Lipinski definition) is 6. The molecule has 1 aromatic heterocycles. The van der Waals surface area contributed by atoms with E-state index in [1.54, 1.807) is 61.5 Å². The second-order valence-electron chi connectivity index (χ2n) is 7.34. The Morgan fingerprint density at radius 3 is 2.20 bits per heavy atom. The summed E-state index contributed by atoms with van der Waals surface area (Å²) >= 11 is 0. The van der Waals surface area contributed by atoms with Gasteiger partial charge >= 0.3 is 0 Å². The summed E-state index contributed by atoms with van der Waals surface area (Å²) in [7, 11) is 0. The van der Waals surface area contributed by atoms with Crippen LogP contribution in [0.15, 0.2) is 59.1 Å². The van der Waals surface area contributed by atoms with Gasteiger partial charge in [-0.3, -0.25) is 14.4 Å². The highest BCUT2D eigenvalue weighted by atomic mass is 16.5. The van der Waals surface area contributed by atoms with Gasteiger partial charge in [-0.1, -0.05) is 66.7 Å². The molecule has 0 saturated carbocycles. The number of carbonyl (C=O) groups excluding carboxylic acids is 3. The number of amides is 1. The Balaban J connectivity index is 1.66. The van der Waals surface area contributed by atoms with Gasteiger partial charge in [0, 0.05) is 17.5 Å². The predicted molar refractivity (Wildman–Crippen MR) is 108 cm³/mol. The van der Waals surface area contributed by atoms with Crippen molar-refractivity contribution in [1.29, 1.82) is 0 Å². The molecule has 3 aromatic rings. The van der Waals surface area contributed by atoms with Crippen LogP contribution in [0.5, 0.6) is 0 Å². The summed E-state index contributed by atoms with van der Waals surface area (Å²) < 4.78 is 5.18. The van der Waals surface area contributed by atoms with Gasteiger partial charge in [0.25, 0.3) is 0 Å². The predicted octanol–water partition coefficient (Wildman–Crippen LogP) is 3.22. The number of rotatable bonds is 6. The number of hydrogen-bond donors (Lipinski definition) is 1. The molecular weight excluding hydrogens is 382 g/mol. The highest BCUT2D eigenvalue weighted by Crippen LogP contribution is 2.42. The molecule has 1 amide bonds. The fourth-order valence-corrected chi connectivity index (χ4v) is 3.87. The molecule has 1 aliphatic carbocycles. The molecule has 1 aliphatic rings. The maximum Gasteiger partial charge on any atom is 0.248 e. The molecule has 7 heteroatoms. The lowest BCUT2D eigenvalue weighted by Crippen LogP contribution is -2.43. The van der Waals surface area contributed by atoms with E-state index in [0.29, 0.717) is 28.9 Å². The molecule has 4 rings (SSSR count).